The molecule has 11 nitrogen and oxygen atoms in total. The van der Waals surface area contributed by atoms with Crippen LogP contribution < -0.4 is 10.6 Å². The summed E-state index contributed by atoms with van der Waals surface area (Å²) >= 11 is 0. The van der Waals surface area contributed by atoms with E-state index >= 15 is 0 Å². The van der Waals surface area contributed by atoms with Gasteiger partial charge < -0.3 is 15.5 Å². The molecule has 0 radical (unpaired) electrons. The van der Waals surface area contributed by atoms with Crippen molar-refractivity contribution >= 4 is 28.1 Å². The molecule has 0 unspecified atom stereocenters. The number of piperidine rings is 1. The molecule has 0 aromatic heterocycles. The highest BCUT2D eigenvalue weighted by Crippen LogP contribution is 2.30. The molecule has 3 atom stereocenters. The van der Waals surface area contributed by atoms with E-state index in [9.17, 15) is 22.8 Å². The fraction of sp³-hybridized carbons (Fsp3) is 0.786. The lowest BCUT2D eigenvalue weighted by Gasteiger charge is -2.29. The van der Waals surface area contributed by atoms with E-state index in [4.69, 9.17) is 4.55 Å². The summed E-state index contributed by atoms with van der Waals surface area (Å²) in [4.78, 5) is 37.8. The van der Waals surface area contributed by atoms with Gasteiger partial charge in [-0.1, -0.05) is 0 Å². The molecule has 0 aromatic rings. The molecular weight excluding hydrogens is 368 g/mol. The van der Waals surface area contributed by atoms with E-state index < -0.39 is 34.4 Å². The first kappa shape index (κ1) is 19.0. The minimum Gasteiger partial charge on any atom is -0.347 e. The molecule has 0 aliphatic carbocycles. The topological polar surface area (TPSA) is 145 Å². The number of amides is 3. The Bertz CT molecular complexity index is 691. The molecule has 12 heteroatoms. The molecule has 2 bridgehead atoms. The molecule has 3 aliphatic heterocycles. The van der Waals surface area contributed by atoms with Crippen molar-refractivity contribution in [1.82, 2.24) is 20.6 Å². The standard InChI is InChI=1S/C14H22N4O7S/c19-11(6-9-2-1-5-15-9)7-16-13(20)12-4-3-10-8-17(12)14(21)18(10)25-26(22,23)24/h9-10,12,15H,1-8H2,(H,16,20)(H,22,23,24)/t9-,10+,12-/m0/s1. The Morgan fingerprint density at radius 3 is 2.73 bits per heavy atom. The Hall–Kier alpha value is -1.76. The molecule has 3 heterocycles. The molecule has 3 aliphatic rings. The van der Waals surface area contributed by atoms with E-state index in [-0.39, 0.29) is 24.9 Å². The Balaban J connectivity index is 1.52. The van der Waals surface area contributed by atoms with Crippen LogP contribution in [0.4, 0.5) is 4.79 Å². The van der Waals surface area contributed by atoms with Crippen molar-refractivity contribution in [1.29, 1.82) is 0 Å². The zero-order valence-electron chi connectivity index (χ0n) is 14.1. The molecule has 3 rings (SSSR count). The van der Waals surface area contributed by atoms with Gasteiger partial charge in [0.25, 0.3) is 0 Å². The van der Waals surface area contributed by atoms with Crippen molar-refractivity contribution in [2.24, 2.45) is 0 Å². The molecule has 3 amide bonds. The Labute approximate surface area is 150 Å². The number of rotatable bonds is 7. The minimum absolute atomic E-state index is 0.0875. The SMILES string of the molecule is O=C(CNC(=O)[C@@H]1CC[C@@H]2CN1C(=O)N2OS(=O)(=O)O)C[C@@H]1CCCN1. The first-order chi connectivity index (χ1) is 12.2. The number of urea groups is 1. The summed E-state index contributed by atoms with van der Waals surface area (Å²) in [5, 5.41) is 6.35. The number of hydroxylamine groups is 2. The van der Waals surface area contributed by atoms with Gasteiger partial charge in [-0.3, -0.25) is 14.1 Å². The molecule has 3 fully saturated rings. The highest BCUT2D eigenvalue weighted by molar-refractivity contribution is 7.80. The zero-order valence-corrected chi connectivity index (χ0v) is 14.9. The maximum absolute atomic E-state index is 12.4. The monoisotopic (exact) mass is 390 g/mol. The van der Waals surface area contributed by atoms with E-state index in [1.54, 1.807) is 0 Å². The van der Waals surface area contributed by atoms with Crippen LogP contribution in [-0.2, 0) is 24.3 Å². The maximum Gasteiger partial charge on any atom is 0.418 e. The lowest BCUT2D eigenvalue weighted by molar-refractivity contribution is -0.128. The fourth-order valence-corrected chi connectivity index (χ4v) is 4.07. The van der Waals surface area contributed by atoms with Gasteiger partial charge in [-0.15, -0.1) is 4.28 Å². The smallest absolute Gasteiger partial charge is 0.347 e. The maximum atomic E-state index is 12.4. The Kier molecular flexibility index (Phi) is 5.46. The summed E-state index contributed by atoms with van der Waals surface area (Å²) in [7, 11) is -4.82. The van der Waals surface area contributed by atoms with Crippen LogP contribution in [0.15, 0.2) is 0 Å². The van der Waals surface area contributed by atoms with Crippen molar-refractivity contribution in [2.75, 3.05) is 19.6 Å². The third kappa shape index (κ3) is 4.31. The van der Waals surface area contributed by atoms with Crippen molar-refractivity contribution in [3.63, 3.8) is 0 Å². The average Bonchev–Trinajstić information content (AvgIpc) is 3.15. The highest BCUT2D eigenvalue weighted by Gasteiger charge is 2.49. The predicted octanol–water partition coefficient (Wildman–Crippen LogP) is -1.18. The number of ketones is 1. The van der Waals surface area contributed by atoms with Crippen molar-refractivity contribution in [3.8, 4) is 0 Å². The van der Waals surface area contributed by atoms with Crippen LogP contribution in [0.5, 0.6) is 0 Å². The van der Waals surface area contributed by atoms with Gasteiger partial charge >= 0.3 is 16.4 Å². The second-order valence-electron chi connectivity index (χ2n) is 6.76. The van der Waals surface area contributed by atoms with Crippen molar-refractivity contribution < 1.29 is 31.6 Å². The molecule has 3 N–H and O–H groups in total. The zero-order chi connectivity index (χ0) is 18.9. The molecular formula is C14H22N4O7S. The van der Waals surface area contributed by atoms with Crippen molar-refractivity contribution in [3.05, 3.63) is 0 Å². The lowest BCUT2D eigenvalue weighted by atomic mass is 10.00. The number of nitrogens with zero attached hydrogens (tertiary/aromatic N) is 2. The number of hydrogen-bond donors (Lipinski definition) is 3. The van der Waals surface area contributed by atoms with Crippen LogP contribution in [0.2, 0.25) is 0 Å². The number of fused-ring (bicyclic) bond motifs is 2. The van der Waals surface area contributed by atoms with Gasteiger partial charge in [-0.2, -0.15) is 13.5 Å². The Morgan fingerprint density at radius 1 is 1.31 bits per heavy atom. The summed E-state index contributed by atoms with van der Waals surface area (Å²) < 4.78 is 34.8. The first-order valence-electron chi connectivity index (χ1n) is 8.54. The molecule has 0 aromatic carbocycles. The van der Waals surface area contributed by atoms with Crippen LogP contribution in [0.3, 0.4) is 0 Å². The molecule has 0 spiro atoms. The minimum atomic E-state index is -4.82. The summed E-state index contributed by atoms with van der Waals surface area (Å²) in [5.74, 6) is -0.547. The van der Waals surface area contributed by atoms with Gasteiger partial charge in [0.05, 0.1) is 12.6 Å². The summed E-state index contributed by atoms with van der Waals surface area (Å²) in [6.07, 6.45) is 2.98. The summed E-state index contributed by atoms with van der Waals surface area (Å²) in [6.45, 7) is 0.906. The largest absolute Gasteiger partial charge is 0.418 e. The second-order valence-corrected chi connectivity index (χ2v) is 7.77. The molecule has 26 heavy (non-hydrogen) atoms. The van der Waals surface area contributed by atoms with Gasteiger partial charge in [-0.05, 0) is 32.2 Å². The average molecular weight is 390 g/mol. The third-order valence-electron chi connectivity index (χ3n) is 4.90. The van der Waals surface area contributed by atoms with Gasteiger partial charge in [0, 0.05) is 19.0 Å². The number of carbonyl (C=O) groups excluding carboxylic acids is 3. The van der Waals surface area contributed by atoms with Crippen LogP contribution in [0, 0.1) is 0 Å². The fourth-order valence-electron chi connectivity index (χ4n) is 3.69. The van der Waals surface area contributed by atoms with Gasteiger partial charge in [0.2, 0.25) is 5.91 Å². The van der Waals surface area contributed by atoms with Gasteiger partial charge in [-0.25, -0.2) is 4.79 Å². The quantitative estimate of drug-likeness (QED) is 0.461. The van der Waals surface area contributed by atoms with Crippen LogP contribution in [0.1, 0.15) is 32.1 Å². The summed E-state index contributed by atoms with van der Waals surface area (Å²) in [6, 6.07) is -2.00. The highest BCUT2D eigenvalue weighted by atomic mass is 32.3. The van der Waals surface area contributed by atoms with E-state index in [1.165, 1.54) is 4.90 Å². The van der Waals surface area contributed by atoms with E-state index in [1.807, 2.05) is 0 Å². The second kappa shape index (κ2) is 7.47. The van der Waals surface area contributed by atoms with Gasteiger partial charge in [0.1, 0.15) is 6.04 Å². The number of carbonyl (C=O) groups is 3. The van der Waals surface area contributed by atoms with Crippen LogP contribution >= 0.6 is 0 Å². The Morgan fingerprint density at radius 2 is 2.08 bits per heavy atom. The molecule has 146 valence electrons. The lowest BCUT2D eigenvalue weighted by Crippen LogP contribution is -2.50. The molecule has 3 saturated heterocycles. The van der Waals surface area contributed by atoms with E-state index in [2.05, 4.69) is 14.9 Å². The van der Waals surface area contributed by atoms with Crippen LogP contribution in [0.25, 0.3) is 0 Å². The van der Waals surface area contributed by atoms with Crippen molar-refractivity contribution in [2.45, 2.75) is 50.2 Å². The third-order valence-corrected chi connectivity index (χ3v) is 5.25. The molecule has 0 saturated carbocycles. The van der Waals surface area contributed by atoms with E-state index in [0.29, 0.717) is 24.3 Å². The van der Waals surface area contributed by atoms with Gasteiger partial charge in [0.15, 0.2) is 5.78 Å². The number of nitrogens with one attached hydrogen (secondary N) is 2. The first-order valence-corrected chi connectivity index (χ1v) is 9.91. The summed E-state index contributed by atoms with van der Waals surface area (Å²) in [5.41, 5.74) is 0. The number of hydrogen-bond acceptors (Lipinski definition) is 7. The van der Waals surface area contributed by atoms with E-state index in [0.717, 1.165) is 19.4 Å². The number of Topliss-reactive ketones (excluding diaryl/α,β-unsaturated/α-hetero) is 1. The predicted molar refractivity (Wildman–Crippen MR) is 87.0 cm³/mol. The normalized spacial score (nSPS) is 28.5. The van der Waals surface area contributed by atoms with Crippen LogP contribution in [-0.4, -0.2) is 78.4 Å².